The van der Waals surface area contributed by atoms with Crippen molar-refractivity contribution in [1.82, 2.24) is 0 Å². The van der Waals surface area contributed by atoms with E-state index in [2.05, 4.69) is 339 Å². The summed E-state index contributed by atoms with van der Waals surface area (Å²) in [6.45, 7) is 5.99. The van der Waals surface area contributed by atoms with Crippen LogP contribution in [0.5, 0.6) is 0 Å². The van der Waals surface area contributed by atoms with Crippen LogP contribution in [0, 0.1) is 0 Å². The Bertz CT molecular complexity index is 5800. The highest BCUT2D eigenvalue weighted by atomic mass is 32.2. The summed E-state index contributed by atoms with van der Waals surface area (Å²) in [6, 6.07) is 113. The zero-order valence-corrected chi connectivity index (χ0v) is 52.9. The van der Waals surface area contributed by atoms with Gasteiger partial charge in [-0.1, -0.05) is 249 Å². The van der Waals surface area contributed by atoms with Gasteiger partial charge in [0.2, 0.25) is 0 Å². The van der Waals surface area contributed by atoms with Crippen LogP contribution in [0.3, 0.4) is 0 Å². The third-order valence-corrected chi connectivity index (χ3v) is 20.6. The van der Waals surface area contributed by atoms with Crippen molar-refractivity contribution in [3.63, 3.8) is 0 Å². The first-order valence-electron chi connectivity index (χ1n) is 32.4. The molecule has 0 saturated carbocycles. The Morgan fingerprint density at radius 2 is 0.884 bits per heavy atom. The highest BCUT2D eigenvalue weighted by Crippen LogP contribution is 2.64. The smallest absolute Gasteiger partial charge is 0.145 e. The van der Waals surface area contributed by atoms with Crippen LogP contribution in [-0.2, 0) is 5.41 Å². The number of fused-ring (bicyclic) bond motifs is 16. The van der Waals surface area contributed by atoms with Crippen molar-refractivity contribution in [2.45, 2.75) is 22.1 Å². The van der Waals surface area contributed by atoms with Gasteiger partial charge in [-0.25, -0.2) is 0 Å². The second kappa shape index (κ2) is 22.7. The normalized spacial score (nSPS) is 14.0. The molecule has 0 radical (unpaired) electrons. The second-order valence-corrected chi connectivity index (χ2v) is 25.8. The Kier molecular flexibility index (Phi) is 13.4. The van der Waals surface area contributed by atoms with Crippen LogP contribution in [0.2, 0.25) is 0 Å². The zero-order chi connectivity index (χ0) is 63.1. The maximum Gasteiger partial charge on any atom is 0.145 e. The van der Waals surface area contributed by atoms with Gasteiger partial charge in [0.1, 0.15) is 22.3 Å². The van der Waals surface area contributed by atoms with E-state index in [-0.39, 0.29) is 0 Å². The van der Waals surface area contributed by atoms with E-state index in [0.717, 1.165) is 122 Å². The molecule has 1 aliphatic heterocycles. The van der Waals surface area contributed by atoms with E-state index in [9.17, 15) is 0 Å². The first-order valence-corrected chi connectivity index (χ1v) is 33.2. The van der Waals surface area contributed by atoms with Gasteiger partial charge in [-0.05, 0) is 188 Å². The minimum atomic E-state index is -0.692. The fraction of sp³-hybridized carbons (Fsp3) is 0.0222. The molecule has 0 N–H and O–H groups in total. The largest absolute Gasteiger partial charge is 0.455 e. The Labute approximate surface area is 555 Å². The Balaban J connectivity index is 0.807. The topological polar surface area (TPSA) is 32.8 Å². The number of furan rings is 2. The minimum Gasteiger partial charge on any atom is -0.455 e. The summed E-state index contributed by atoms with van der Waals surface area (Å²) in [5.41, 5.74) is 25.4. The molecule has 1 aliphatic carbocycles. The molecule has 95 heavy (non-hydrogen) atoms. The molecule has 3 heterocycles. The zero-order valence-electron chi connectivity index (χ0n) is 52.1. The van der Waals surface area contributed by atoms with Crippen LogP contribution < -0.4 is 9.80 Å². The van der Waals surface area contributed by atoms with Gasteiger partial charge in [-0.2, -0.15) is 0 Å². The van der Waals surface area contributed by atoms with E-state index in [1.165, 1.54) is 54.1 Å². The highest BCUT2D eigenvalue weighted by Gasteiger charge is 2.50. The lowest BCUT2D eigenvalue weighted by molar-refractivity contribution is 0.669. The van der Waals surface area contributed by atoms with Gasteiger partial charge in [0.15, 0.2) is 0 Å². The first-order chi connectivity index (χ1) is 47.0. The third-order valence-electron chi connectivity index (χ3n) is 19.5. The molecule has 2 aliphatic rings. The van der Waals surface area contributed by atoms with Crippen molar-refractivity contribution in [3.05, 3.63) is 368 Å². The van der Waals surface area contributed by atoms with E-state index in [0.29, 0.717) is 0 Å². The molecule has 0 amide bonds. The van der Waals surface area contributed by atoms with E-state index >= 15 is 0 Å². The van der Waals surface area contributed by atoms with Crippen molar-refractivity contribution in [1.29, 1.82) is 0 Å². The molecule has 1 spiro atoms. The lowest BCUT2D eigenvalue weighted by atomic mass is 9.67. The predicted molar refractivity (Wildman–Crippen MR) is 399 cm³/mol. The molecule has 18 rings (SSSR count). The minimum absolute atomic E-state index is 0.692. The molecule has 5 heteroatoms. The Hall–Kier alpha value is -11.9. The molecule has 1 atom stereocenters. The van der Waals surface area contributed by atoms with Crippen molar-refractivity contribution >= 4 is 106 Å². The van der Waals surface area contributed by atoms with Crippen molar-refractivity contribution < 1.29 is 8.83 Å². The molecule has 448 valence electrons. The number of rotatable bonds is 12. The van der Waals surface area contributed by atoms with Crippen LogP contribution in [0.4, 0.5) is 34.1 Å². The predicted octanol–water partition coefficient (Wildman–Crippen LogP) is 25.6. The SMILES string of the molecule is C=C/C=C\C=C(/C)c1ccc(-c2ccc(N(c3ccc4c(c3)C3(c5ccccc5S4)c4ccccc4-c4ccc(-c5ccc(N(c6ccccc6)c6ccc(-c7ccccc7)c7oc8ccccc8c67)cc5)cc43)c3ccc4ccccc4c3)c3c2oc2ccccc23)cc1. The van der Waals surface area contributed by atoms with Gasteiger partial charge in [0.05, 0.1) is 27.6 Å². The van der Waals surface area contributed by atoms with Crippen LogP contribution in [-0.4, -0.2) is 0 Å². The summed E-state index contributed by atoms with van der Waals surface area (Å²) in [6.07, 6.45) is 7.91. The van der Waals surface area contributed by atoms with Crippen LogP contribution in [0.25, 0.3) is 105 Å². The van der Waals surface area contributed by atoms with Crippen LogP contribution in [0.1, 0.15) is 34.7 Å². The van der Waals surface area contributed by atoms with Gasteiger partial charge in [0.25, 0.3) is 0 Å². The van der Waals surface area contributed by atoms with E-state index in [4.69, 9.17) is 8.83 Å². The monoisotopic (exact) mass is 1230 g/mol. The summed E-state index contributed by atoms with van der Waals surface area (Å²) in [5, 5.41) is 6.61. The second-order valence-electron chi connectivity index (χ2n) is 24.7. The van der Waals surface area contributed by atoms with E-state index in [1.807, 2.05) is 23.9 Å². The van der Waals surface area contributed by atoms with E-state index in [1.54, 1.807) is 6.08 Å². The fourth-order valence-corrected chi connectivity index (χ4v) is 16.3. The summed E-state index contributed by atoms with van der Waals surface area (Å²) in [4.78, 5) is 7.32. The number of para-hydroxylation sites is 3. The van der Waals surface area contributed by atoms with Crippen molar-refractivity contribution in [2.75, 3.05) is 9.80 Å². The van der Waals surface area contributed by atoms with E-state index < -0.39 is 5.41 Å². The first kappa shape index (κ1) is 55.9. The van der Waals surface area contributed by atoms with Gasteiger partial charge in [-0.15, -0.1) is 0 Å². The molecule has 2 aromatic heterocycles. The van der Waals surface area contributed by atoms with Crippen molar-refractivity contribution in [3.8, 4) is 44.5 Å². The molecule has 0 bridgehead atoms. The summed E-state index contributed by atoms with van der Waals surface area (Å²) >= 11 is 1.87. The average molecular weight is 1230 g/mol. The molecule has 0 fully saturated rings. The van der Waals surface area contributed by atoms with Crippen LogP contribution in [0.15, 0.2) is 359 Å². The number of benzene rings is 14. The van der Waals surface area contributed by atoms with Crippen molar-refractivity contribution in [2.24, 2.45) is 0 Å². The maximum atomic E-state index is 7.08. The Morgan fingerprint density at radius 1 is 0.368 bits per heavy atom. The fourth-order valence-electron chi connectivity index (χ4n) is 15.1. The number of allylic oxidation sites excluding steroid dienone is 5. The lowest BCUT2D eigenvalue weighted by Crippen LogP contribution is -2.32. The van der Waals surface area contributed by atoms with Gasteiger partial charge >= 0.3 is 0 Å². The molecule has 14 aromatic carbocycles. The molecular formula is C90H60N2O2S. The summed E-state index contributed by atoms with van der Waals surface area (Å²) in [5.74, 6) is 0. The average Bonchev–Trinajstić information content (AvgIpc) is 1.56. The molecule has 0 saturated heterocycles. The lowest BCUT2D eigenvalue weighted by Gasteiger charge is -2.40. The third kappa shape index (κ3) is 9.06. The standard InChI is InChI=1S/C90H60N2O2S/c1-3-4-7-22-58(2)59-37-39-63(40-38-59)71-51-53-81(87-75-31-16-20-35-83(75)94-89(71)87)92(68-47-43-60-23-12-13-26-64(60)55-68)69-48-54-85-79(57-69)90(77-33-18-21-36-84(77)95-85)76-32-17-14-29-72(76)73-49-44-65(56-78(73)90)61-41-45-67(46-42-61)91(66-27-10-6-11-28-66)80-52-50-70(62-24-8-5-9-25-62)88-86(80)74-30-15-19-34-82(74)93-88/h3-57H,1H2,2H3/b7-4-,58-22+. The number of hydrogen-bond acceptors (Lipinski definition) is 5. The van der Waals surface area contributed by atoms with Gasteiger partial charge < -0.3 is 18.6 Å². The van der Waals surface area contributed by atoms with Gasteiger partial charge in [-0.3, -0.25) is 0 Å². The number of hydrogen-bond donors (Lipinski definition) is 0. The van der Waals surface area contributed by atoms with Crippen LogP contribution >= 0.6 is 11.8 Å². The summed E-state index contributed by atoms with van der Waals surface area (Å²) in [7, 11) is 0. The Morgan fingerprint density at radius 3 is 1.60 bits per heavy atom. The highest BCUT2D eigenvalue weighted by molar-refractivity contribution is 7.99. The number of anilines is 6. The molecule has 1 unspecified atom stereocenters. The molecule has 4 nitrogen and oxygen atoms in total. The maximum absolute atomic E-state index is 7.08. The molecule has 16 aromatic rings. The quantitative estimate of drug-likeness (QED) is 0.114. The summed E-state index contributed by atoms with van der Waals surface area (Å²) < 4.78 is 13.9. The van der Waals surface area contributed by atoms with Gasteiger partial charge in [0, 0.05) is 54.4 Å². The molecular weight excluding hydrogens is 1170 g/mol. The number of nitrogens with zero attached hydrogens (tertiary/aromatic N) is 2.